The molecule has 0 bridgehead atoms. The van der Waals surface area contributed by atoms with Crippen LogP contribution in [0.2, 0.25) is 0 Å². The number of rotatable bonds is 3. The minimum Gasteiger partial charge on any atom is -0.337 e. The Balaban J connectivity index is 1.62. The molecule has 2 fully saturated rings. The second kappa shape index (κ2) is 6.58. The summed E-state index contributed by atoms with van der Waals surface area (Å²) in [5, 5.41) is 3.36. The van der Waals surface area contributed by atoms with Crippen molar-refractivity contribution in [3.05, 3.63) is 35.4 Å². The highest BCUT2D eigenvalue weighted by molar-refractivity contribution is 5.97. The summed E-state index contributed by atoms with van der Waals surface area (Å²) in [5.74, 6) is 0.103. The van der Waals surface area contributed by atoms with Crippen molar-refractivity contribution in [1.82, 2.24) is 15.1 Å². The van der Waals surface area contributed by atoms with Crippen molar-refractivity contribution in [2.45, 2.75) is 19.4 Å². The lowest BCUT2D eigenvalue weighted by atomic mass is 10.1. The summed E-state index contributed by atoms with van der Waals surface area (Å²) in [5.41, 5.74) is 1.32. The van der Waals surface area contributed by atoms with Crippen LogP contribution < -0.4 is 5.32 Å². The van der Waals surface area contributed by atoms with Gasteiger partial charge >= 0.3 is 0 Å². The van der Waals surface area contributed by atoms with Gasteiger partial charge in [0.2, 0.25) is 0 Å². The van der Waals surface area contributed by atoms with Crippen molar-refractivity contribution in [3.8, 4) is 0 Å². The number of amides is 1. The Morgan fingerprint density at radius 2 is 1.68 bits per heavy atom. The van der Waals surface area contributed by atoms with E-state index in [-0.39, 0.29) is 11.7 Å². The summed E-state index contributed by atoms with van der Waals surface area (Å²) in [7, 11) is 0. The average Bonchev–Trinajstić information content (AvgIpc) is 3.05. The Kier molecular flexibility index (Phi) is 4.55. The molecule has 2 aliphatic heterocycles. The van der Waals surface area contributed by atoms with Crippen molar-refractivity contribution in [1.29, 1.82) is 0 Å². The summed E-state index contributed by atoms with van der Waals surface area (Å²) in [6.07, 6.45) is 1.05. The smallest absolute Gasteiger partial charge is 0.253 e. The zero-order valence-electron chi connectivity index (χ0n) is 13.0. The number of carbonyl (C=O) groups excluding carboxylic acids is 2. The zero-order valence-corrected chi connectivity index (χ0v) is 13.0. The van der Waals surface area contributed by atoms with Crippen LogP contribution in [0.3, 0.4) is 0 Å². The third-order valence-electron chi connectivity index (χ3n) is 4.66. The van der Waals surface area contributed by atoms with E-state index in [9.17, 15) is 9.59 Å². The molecule has 0 aromatic heterocycles. The molecule has 5 heteroatoms. The van der Waals surface area contributed by atoms with Crippen molar-refractivity contribution in [3.63, 3.8) is 0 Å². The van der Waals surface area contributed by atoms with Crippen molar-refractivity contribution < 1.29 is 9.59 Å². The van der Waals surface area contributed by atoms with E-state index in [1.165, 1.54) is 6.92 Å². The second-order valence-corrected chi connectivity index (χ2v) is 6.11. The molecule has 22 heavy (non-hydrogen) atoms. The van der Waals surface area contributed by atoms with Crippen LogP contribution in [-0.4, -0.2) is 66.8 Å². The third-order valence-corrected chi connectivity index (χ3v) is 4.66. The first kappa shape index (κ1) is 15.2. The molecular weight excluding hydrogens is 278 g/mol. The summed E-state index contributed by atoms with van der Waals surface area (Å²) in [6, 6.07) is 7.48. The van der Waals surface area contributed by atoms with Crippen molar-refractivity contribution >= 4 is 11.7 Å². The Labute approximate surface area is 131 Å². The normalized spacial score (nSPS) is 22.8. The maximum absolute atomic E-state index is 12.6. The van der Waals surface area contributed by atoms with E-state index in [1.807, 2.05) is 4.90 Å². The van der Waals surface area contributed by atoms with Crippen LogP contribution in [0.1, 0.15) is 34.1 Å². The van der Waals surface area contributed by atoms with Gasteiger partial charge in [0.1, 0.15) is 0 Å². The highest BCUT2D eigenvalue weighted by Crippen LogP contribution is 2.19. The topological polar surface area (TPSA) is 52.7 Å². The molecule has 3 rings (SSSR count). The summed E-state index contributed by atoms with van der Waals surface area (Å²) in [4.78, 5) is 28.3. The number of ketones is 1. The number of likely N-dealkylation sites (tertiary alicyclic amines) is 1. The fourth-order valence-corrected chi connectivity index (χ4v) is 3.30. The van der Waals surface area contributed by atoms with Gasteiger partial charge in [0.25, 0.3) is 5.91 Å². The van der Waals surface area contributed by atoms with Gasteiger partial charge in [-0.2, -0.15) is 0 Å². The monoisotopic (exact) mass is 301 g/mol. The highest BCUT2D eigenvalue weighted by Gasteiger charge is 2.31. The number of carbonyl (C=O) groups is 2. The van der Waals surface area contributed by atoms with Crippen LogP contribution in [0.4, 0.5) is 0 Å². The van der Waals surface area contributed by atoms with Gasteiger partial charge < -0.3 is 10.2 Å². The largest absolute Gasteiger partial charge is 0.337 e. The van der Waals surface area contributed by atoms with Crippen LogP contribution in [0, 0.1) is 0 Å². The molecule has 0 aliphatic carbocycles. The SMILES string of the molecule is CC(=O)c1ccc(C(=O)N2CCC(N3CCNCC3)C2)cc1. The molecule has 118 valence electrons. The maximum Gasteiger partial charge on any atom is 0.253 e. The number of hydrogen-bond acceptors (Lipinski definition) is 4. The third kappa shape index (κ3) is 3.20. The van der Waals surface area contributed by atoms with Crippen molar-refractivity contribution in [2.24, 2.45) is 0 Å². The van der Waals surface area contributed by atoms with Gasteiger partial charge in [-0.25, -0.2) is 0 Å². The molecule has 0 radical (unpaired) electrons. The molecule has 0 spiro atoms. The molecule has 2 saturated heterocycles. The molecule has 1 unspecified atom stereocenters. The van der Waals surface area contributed by atoms with Crippen LogP contribution in [0.15, 0.2) is 24.3 Å². The van der Waals surface area contributed by atoms with Crippen molar-refractivity contribution in [2.75, 3.05) is 39.3 Å². The Hall–Kier alpha value is -1.72. The highest BCUT2D eigenvalue weighted by atomic mass is 16.2. The Morgan fingerprint density at radius 3 is 2.32 bits per heavy atom. The number of piperazine rings is 1. The van der Waals surface area contributed by atoms with Crippen LogP contribution >= 0.6 is 0 Å². The van der Waals surface area contributed by atoms with Gasteiger partial charge in [0.15, 0.2) is 5.78 Å². The summed E-state index contributed by atoms with van der Waals surface area (Å²) < 4.78 is 0. The van der Waals surface area contributed by atoms with Gasteiger partial charge in [-0.05, 0) is 25.5 Å². The zero-order chi connectivity index (χ0) is 15.5. The molecule has 2 heterocycles. The standard InChI is InChI=1S/C17H23N3O2/c1-13(21)14-2-4-15(5-3-14)17(22)20-9-6-16(12-20)19-10-7-18-8-11-19/h2-5,16,18H,6-12H2,1H3. The summed E-state index contributed by atoms with van der Waals surface area (Å²) in [6.45, 7) is 7.39. The quantitative estimate of drug-likeness (QED) is 0.847. The molecule has 1 atom stereocenters. The number of nitrogens with zero attached hydrogens (tertiary/aromatic N) is 2. The Morgan fingerprint density at radius 1 is 1.05 bits per heavy atom. The lowest BCUT2D eigenvalue weighted by Gasteiger charge is -2.32. The first-order valence-electron chi connectivity index (χ1n) is 8.00. The van der Waals surface area contributed by atoms with Crippen LogP contribution in [-0.2, 0) is 0 Å². The lowest BCUT2D eigenvalue weighted by Crippen LogP contribution is -2.49. The number of nitrogens with one attached hydrogen (secondary N) is 1. The van der Waals surface area contributed by atoms with E-state index in [0.717, 1.165) is 45.7 Å². The predicted molar refractivity (Wildman–Crippen MR) is 85.2 cm³/mol. The molecule has 1 aromatic rings. The molecule has 1 aromatic carbocycles. The number of benzene rings is 1. The minimum atomic E-state index is 0.0268. The molecule has 0 saturated carbocycles. The fourth-order valence-electron chi connectivity index (χ4n) is 3.30. The van der Waals surface area contributed by atoms with Gasteiger partial charge in [-0.15, -0.1) is 0 Å². The van der Waals surface area contributed by atoms with Gasteiger partial charge in [-0.3, -0.25) is 14.5 Å². The minimum absolute atomic E-state index is 0.0268. The molecule has 1 amide bonds. The average molecular weight is 301 g/mol. The van der Waals surface area contributed by atoms with E-state index in [2.05, 4.69) is 10.2 Å². The first-order valence-corrected chi connectivity index (χ1v) is 8.00. The first-order chi connectivity index (χ1) is 10.6. The fraction of sp³-hybridized carbons (Fsp3) is 0.529. The number of Topliss-reactive ketones (excluding diaryl/α,β-unsaturated/α-hetero) is 1. The Bertz CT molecular complexity index is 550. The molecule has 2 aliphatic rings. The molecule has 5 nitrogen and oxygen atoms in total. The van der Waals surface area contributed by atoms with Gasteiger partial charge in [0, 0.05) is 56.4 Å². The van der Waals surface area contributed by atoms with E-state index in [4.69, 9.17) is 0 Å². The van der Waals surface area contributed by atoms with E-state index in [0.29, 0.717) is 17.2 Å². The lowest BCUT2D eigenvalue weighted by molar-refractivity contribution is 0.0773. The maximum atomic E-state index is 12.6. The number of hydrogen-bond donors (Lipinski definition) is 1. The molecular formula is C17H23N3O2. The van der Waals surface area contributed by atoms with Crippen LogP contribution in [0.5, 0.6) is 0 Å². The summed E-state index contributed by atoms with van der Waals surface area (Å²) >= 11 is 0. The van der Waals surface area contributed by atoms with E-state index in [1.54, 1.807) is 24.3 Å². The van der Waals surface area contributed by atoms with Crippen LogP contribution in [0.25, 0.3) is 0 Å². The molecule has 1 N–H and O–H groups in total. The predicted octanol–water partition coefficient (Wildman–Crippen LogP) is 1.01. The second-order valence-electron chi connectivity index (χ2n) is 6.11. The van der Waals surface area contributed by atoms with Gasteiger partial charge in [-0.1, -0.05) is 12.1 Å². The van der Waals surface area contributed by atoms with E-state index >= 15 is 0 Å². The van der Waals surface area contributed by atoms with E-state index < -0.39 is 0 Å². The van der Waals surface area contributed by atoms with Gasteiger partial charge in [0.05, 0.1) is 0 Å².